The van der Waals surface area contributed by atoms with Crippen LogP contribution in [0.15, 0.2) is 23.6 Å². The lowest BCUT2D eigenvalue weighted by atomic mass is 10.1. The first kappa shape index (κ1) is 9.59. The molecule has 0 atom stereocenters. The summed E-state index contributed by atoms with van der Waals surface area (Å²) in [5.41, 5.74) is 3.36. The standard InChI is InChI=1S/C11H11N3OS/c1-2-11-8(3-4-15-11)5-9(1)12-6-10-7-16-14-13-10/h1-2,5,7,12H,3-4,6H2. The predicted molar refractivity (Wildman–Crippen MR) is 62.9 cm³/mol. The van der Waals surface area contributed by atoms with Gasteiger partial charge in [0.15, 0.2) is 0 Å². The molecule has 3 rings (SSSR count). The monoisotopic (exact) mass is 233 g/mol. The van der Waals surface area contributed by atoms with Crippen LogP contribution in [0.25, 0.3) is 0 Å². The van der Waals surface area contributed by atoms with Gasteiger partial charge in [-0.15, -0.1) is 5.10 Å². The molecule has 0 spiro atoms. The summed E-state index contributed by atoms with van der Waals surface area (Å²) in [4.78, 5) is 0. The van der Waals surface area contributed by atoms with E-state index in [1.54, 1.807) is 0 Å². The maximum atomic E-state index is 5.46. The lowest BCUT2D eigenvalue weighted by molar-refractivity contribution is 0.357. The van der Waals surface area contributed by atoms with E-state index in [0.29, 0.717) is 0 Å². The molecule has 1 aliphatic rings. The number of fused-ring (bicyclic) bond motifs is 1. The Morgan fingerprint density at radius 3 is 3.31 bits per heavy atom. The van der Waals surface area contributed by atoms with Crippen molar-refractivity contribution in [1.29, 1.82) is 0 Å². The first-order valence-corrected chi connectivity index (χ1v) is 6.01. The van der Waals surface area contributed by atoms with Gasteiger partial charge < -0.3 is 10.1 Å². The lowest BCUT2D eigenvalue weighted by Gasteiger charge is -2.05. The van der Waals surface area contributed by atoms with Crippen molar-refractivity contribution in [3.63, 3.8) is 0 Å². The van der Waals surface area contributed by atoms with Crippen molar-refractivity contribution < 1.29 is 4.74 Å². The zero-order chi connectivity index (χ0) is 10.8. The topological polar surface area (TPSA) is 47.0 Å². The minimum atomic E-state index is 0.718. The quantitative estimate of drug-likeness (QED) is 0.881. The Morgan fingerprint density at radius 2 is 2.44 bits per heavy atom. The molecular formula is C11H11N3OS. The van der Waals surface area contributed by atoms with Crippen molar-refractivity contribution in [3.8, 4) is 5.75 Å². The minimum Gasteiger partial charge on any atom is -0.493 e. The van der Waals surface area contributed by atoms with E-state index in [-0.39, 0.29) is 0 Å². The highest BCUT2D eigenvalue weighted by atomic mass is 32.1. The van der Waals surface area contributed by atoms with Crippen LogP contribution >= 0.6 is 11.5 Å². The predicted octanol–water partition coefficient (Wildman–Crippen LogP) is 2.09. The van der Waals surface area contributed by atoms with Crippen LogP contribution in [0, 0.1) is 0 Å². The molecule has 2 aromatic rings. The second kappa shape index (κ2) is 4.09. The lowest BCUT2D eigenvalue weighted by Crippen LogP contribution is -1.99. The van der Waals surface area contributed by atoms with E-state index in [1.165, 1.54) is 17.1 Å². The molecule has 0 saturated heterocycles. The van der Waals surface area contributed by atoms with Crippen LogP contribution < -0.4 is 10.1 Å². The fourth-order valence-corrected chi connectivity index (χ4v) is 2.20. The second-order valence-electron chi connectivity index (χ2n) is 3.67. The Balaban J connectivity index is 1.71. The van der Waals surface area contributed by atoms with Crippen molar-refractivity contribution in [3.05, 3.63) is 34.8 Å². The SMILES string of the molecule is c1cc2c(cc1NCc1csnn1)CCO2. The number of anilines is 1. The number of rotatable bonds is 3. The number of aromatic nitrogens is 2. The molecule has 0 unspecified atom stereocenters. The van der Waals surface area contributed by atoms with Gasteiger partial charge in [-0.2, -0.15) is 0 Å². The number of benzene rings is 1. The Hall–Kier alpha value is -1.62. The highest BCUT2D eigenvalue weighted by molar-refractivity contribution is 7.03. The molecule has 4 nitrogen and oxygen atoms in total. The van der Waals surface area contributed by atoms with Crippen LogP contribution in [0.5, 0.6) is 5.75 Å². The summed E-state index contributed by atoms with van der Waals surface area (Å²) in [6.07, 6.45) is 1.00. The third kappa shape index (κ3) is 1.86. The molecule has 0 amide bonds. The fraction of sp³-hybridized carbons (Fsp3) is 0.273. The highest BCUT2D eigenvalue weighted by Crippen LogP contribution is 2.27. The van der Waals surface area contributed by atoms with Gasteiger partial charge in [-0.05, 0) is 35.3 Å². The molecular weight excluding hydrogens is 222 g/mol. The molecule has 0 fully saturated rings. The number of hydrogen-bond acceptors (Lipinski definition) is 5. The van der Waals surface area contributed by atoms with Gasteiger partial charge in [-0.1, -0.05) is 4.49 Å². The number of hydrogen-bond donors (Lipinski definition) is 1. The number of ether oxygens (including phenoxy) is 1. The van der Waals surface area contributed by atoms with Crippen LogP contribution in [0.2, 0.25) is 0 Å². The average molecular weight is 233 g/mol. The van der Waals surface area contributed by atoms with Gasteiger partial charge >= 0.3 is 0 Å². The van der Waals surface area contributed by atoms with Gasteiger partial charge in [0.25, 0.3) is 0 Å². The van der Waals surface area contributed by atoms with E-state index >= 15 is 0 Å². The normalized spacial score (nSPS) is 13.2. The van der Waals surface area contributed by atoms with Crippen LogP contribution in [-0.4, -0.2) is 16.2 Å². The summed E-state index contributed by atoms with van der Waals surface area (Å²) in [5, 5.41) is 9.26. The third-order valence-electron chi connectivity index (χ3n) is 2.57. The number of nitrogens with zero attached hydrogens (tertiary/aromatic N) is 2. The third-order valence-corrected chi connectivity index (χ3v) is 3.12. The van der Waals surface area contributed by atoms with Gasteiger partial charge in [-0.25, -0.2) is 0 Å². The molecule has 16 heavy (non-hydrogen) atoms. The maximum Gasteiger partial charge on any atom is 0.122 e. The van der Waals surface area contributed by atoms with Crippen LogP contribution in [0.3, 0.4) is 0 Å². The van der Waals surface area contributed by atoms with E-state index in [9.17, 15) is 0 Å². The summed E-state index contributed by atoms with van der Waals surface area (Å²) < 4.78 is 9.28. The number of nitrogens with one attached hydrogen (secondary N) is 1. The molecule has 82 valence electrons. The van der Waals surface area contributed by atoms with E-state index in [2.05, 4.69) is 21.0 Å². The van der Waals surface area contributed by atoms with Gasteiger partial charge in [0.1, 0.15) is 5.75 Å². The Morgan fingerprint density at radius 1 is 1.44 bits per heavy atom. The summed E-state index contributed by atoms with van der Waals surface area (Å²) >= 11 is 1.37. The van der Waals surface area contributed by atoms with Crippen molar-refractivity contribution in [2.75, 3.05) is 11.9 Å². The Bertz CT molecular complexity index is 484. The van der Waals surface area contributed by atoms with Gasteiger partial charge in [0.05, 0.1) is 18.8 Å². The largest absolute Gasteiger partial charge is 0.493 e. The molecule has 2 heterocycles. The molecule has 1 N–H and O–H groups in total. The maximum absolute atomic E-state index is 5.46. The molecule has 1 aliphatic heterocycles. The average Bonchev–Trinajstić information content (AvgIpc) is 2.97. The van der Waals surface area contributed by atoms with Crippen molar-refractivity contribution in [1.82, 2.24) is 9.59 Å². The van der Waals surface area contributed by atoms with Gasteiger partial charge in [0.2, 0.25) is 0 Å². The van der Waals surface area contributed by atoms with Gasteiger partial charge in [-0.3, -0.25) is 0 Å². The van der Waals surface area contributed by atoms with Crippen LogP contribution in [0.4, 0.5) is 5.69 Å². The molecule has 5 heteroatoms. The fourth-order valence-electron chi connectivity index (χ4n) is 1.75. The summed E-state index contributed by atoms with van der Waals surface area (Å²) in [6, 6.07) is 6.19. The molecule has 0 saturated carbocycles. The second-order valence-corrected chi connectivity index (χ2v) is 4.28. The minimum absolute atomic E-state index is 0.718. The Kier molecular flexibility index (Phi) is 2.46. The first-order valence-electron chi connectivity index (χ1n) is 5.17. The van der Waals surface area contributed by atoms with Crippen molar-refractivity contribution in [2.45, 2.75) is 13.0 Å². The summed E-state index contributed by atoms with van der Waals surface area (Å²) in [5.74, 6) is 1.01. The van der Waals surface area contributed by atoms with Crippen molar-refractivity contribution >= 4 is 17.2 Å². The van der Waals surface area contributed by atoms with Crippen LogP contribution in [0.1, 0.15) is 11.3 Å². The zero-order valence-electron chi connectivity index (χ0n) is 8.64. The van der Waals surface area contributed by atoms with E-state index in [1.807, 2.05) is 17.5 Å². The smallest absolute Gasteiger partial charge is 0.122 e. The Labute approximate surface area is 97.4 Å². The molecule has 0 aliphatic carbocycles. The highest BCUT2D eigenvalue weighted by Gasteiger charge is 2.11. The molecule has 0 bridgehead atoms. The van der Waals surface area contributed by atoms with E-state index in [0.717, 1.165) is 36.7 Å². The van der Waals surface area contributed by atoms with E-state index < -0.39 is 0 Å². The molecule has 1 aromatic heterocycles. The molecule has 0 radical (unpaired) electrons. The van der Waals surface area contributed by atoms with E-state index in [4.69, 9.17) is 4.74 Å². The van der Waals surface area contributed by atoms with Crippen LogP contribution in [-0.2, 0) is 13.0 Å². The zero-order valence-corrected chi connectivity index (χ0v) is 9.46. The summed E-state index contributed by atoms with van der Waals surface area (Å²) in [6.45, 7) is 1.52. The van der Waals surface area contributed by atoms with Gasteiger partial charge in [0, 0.05) is 17.5 Å². The molecule has 1 aromatic carbocycles. The van der Waals surface area contributed by atoms with Crippen molar-refractivity contribution in [2.24, 2.45) is 0 Å². The summed E-state index contributed by atoms with van der Waals surface area (Å²) in [7, 11) is 0. The first-order chi connectivity index (χ1) is 7.92.